The number of nitrogens with zero attached hydrogens (tertiary/aromatic N) is 1. The van der Waals surface area contributed by atoms with Gasteiger partial charge < -0.3 is 10.6 Å². The molecule has 0 saturated carbocycles. The maximum atomic E-state index is 11.7. The lowest BCUT2D eigenvalue weighted by atomic mass is 9.82. The summed E-state index contributed by atoms with van der Waals surface area (Å²) >= 11 is 0. The van der Waals surface area contributed by atoms with Gasteiger partial charge in [0.2, 0.25) is 5.91 Å². The Balaban J connectivity index is 2.73. The molecular formula is C9H18N2O. The molecular weight excluding hydrogens is 152 g/mol. The summed E-state index contributed by atoms with van der Waals surface area (Å²) in [5, 5.41) is 0. The molecule has 12 heavy (non-hydrogen) atoms. The molecule has 0 aromatic rings. The quantitative estimate of drug-likeness (QED) is 0.674. The molecule has 0 aromatic carbocycles. The third-order valence-electron chi connectivity index (χ3n) is 2.85. The first-order valence-corrected chi connectivity index (χ1v) is 4.62. The van der Waals surface area contributed by atoms with Crippen molar-refractivity contribution in [3.63, 3.8) is 0 Å². The Bertz CT molecular complexity index is 177. The smallest absolute Gasteiger partial charge is 0.229 e. The molecule has 70 valence electrons. The third kappa shape index (κ3) is 1.33. The molecule has 1 saturated heterocycles. The summed E-state index contributed by atoms with van der Waals surface area (Å²) in [4.78, 5) is 13.5. The van der Waals surface area contributed by atoms with Gasteiger partial charge >= 0.3 is 0 Å². The Kier molecular flexibility index (Phi) is 2.73. The molecule has 1 aliphatic rings. The highest BCUT2D eigenvalue weighted by Gasteiger charge is 2.43. The molecule has 0 aromatic heterocycles. The first-order chi connectivity index (χ1) is 5.66. The Morgan fingerprint density at radius 1 is 1.67 bits per heavy atom. The van der Waals surface area contributed by atoms with Gasteiger partial charge in [0.15, 0.2) is 0 Å². The van der Waals surface area contributed by atoms with Gasteiger partial charge in [-0.2, -0.15) is 0 Å². The lowest BCUT2D eigenvalue weighted by molar-refractivity contribution is -0.134. The van der Waals surface area contributed by atoms with E-state index in [9.17, 15) is 4.79 Å². The molecule has 2 N–H and O–H groups in total. The van der Waals surface area contributed by atoms with E-state index in [0.29, 0.717) is 6.54 Å². The zero-order chi connectivity index (χ0) is 9.19. The lowest BCUT2D eigenvalue weighted by Crippen LogP contribution is -2.38. The zero-order valence-electron chi connectivity index (χ0n) is 7.97. The van der Waals surface area contributed by atoms with E-state index in [4.69, 9.17) is 5.73 Å². The summed E-state index contributed by atoms with van der Waals surface area (Å²) in [7, 11) is 1.86. The Morgan fingerprint density at radius 3 is 2.67 bits per heavy atom. The van der Waals surface area contributed by atoms with Gasteiger partial charge in [0.05, 0.1) is 5.41 Å². The van der Waals surface area contributed by atoms with E-state index in [1.54, 1.807) is 4.90 Å². The van der Waals surface area contributed by atoms with Gasteiger partial charge in [0.1, 0.15) is 0 Å². The molecule has 0 aliphatic carbocycles. The summed E-state index contributed by atoms with van der Waals surface area (Å²) in [6.45, 7) is 3.48. The van der Waals surface area contributed by atoms with Crippen LogP contribution in [0.15, 0.2) is 0 Å². The Hall–Kier alpha value is -0.570. The van der Waals surface area contributed by atoms with Crippen molar-refractivity contribution in [1.82, 2.24) is 4.90 Å². The second kappa shape index (κ2) is 3.44. The highest BCUT2D eigenvalue weighted by Crippen LogP contribution is 2.34. The number of rotatable bonds is 3. The second-order valence-corrected chi connectivity index (χ2v) is 3.71. The van der Waals surface area contributed by atoms with Gasteiger partial charge in [0, 0.05) is 20.1 Å². The fraction of sp³-hybridized carbons (Fsp3) is 0.889. The third-order valence-corrected chi connectivity index (χ3v) is 2.85. The van der Waals surface area contributed by atoms with Gasteiger partial charge in [-0.25, -0.2) is 0 Å². The first-order valence-electron chi connectivity index (χ1n) is 4.62. The van der Waals surface area contributed by atoms with E-state index < -0.39 is 0 Å². The number of carbonyl (C=O) groups is 1. The maximum Gasteiger partial charge on any atom is 0.229 e. The van der Waals surface area contributed by atoms with E-state index in [-0.39, 0.29) is 11.3 Å². The van der Waals surface area contributed by atoms with Crippen LogP contribution in [-0.2, 0) is 4.79 Å². The fourth-order valence-electron chi connectivity index (χ4n) is 2.00. The van der Waals surface area contributed by atoms with Crippen LogP contribution in [0.3, 0.4) is 0 Å². The average molecular weight is 170 g/mol. The molecule has 0 spiro atoms. The SMILES string of the molecule is CCC[C@]1(CN)CCN(C)C1=O. The van der Waals surface area contributed by atoms with Crippen molar-refractivity contribution in [1.29, 1.82) is 0 Å². The molecule has 0 bridgehead atoms. The maximum absolute atomic E-state index is 11.7. The molecule has 1 fully saturated rings. The molecule has 1 rings (SSSR count). The summed E-state index contributed by atoms with van der Waals surface area (Å²) in [6, 6.07) is 0. The van der Waals surface area contributed by atoms with Crippen molar-refractivity contribution < 1.29 is 4.79 Å². The highest BCUT2D eigenvalue weighted by molar-refractivity contribution is 5.84. The van der Waals surface area contributed by atoms with Gasteiger partial charge in [-0.05, 0) is 12.8 Å². The van der Waals surface area contributed by atoms with E-state index in [2.05, 4.69) is 6.92 Å². The van der Waals surface area contributed by atoms with Crippen molar-refractivity contribution in [2.75, 3.05) is 20.1 Å². The number of hydrogen-bond donors (Lipinski definition) is 1. The number of likely N-dealkylation sites (tertiary alicyclic amines) is 1. The number of carbonyl (C=O) groups excluding carboxylic acids is 1. The van der Waals surface area contributed by atoms with E-state index >= 15 is 0 Å². The summed E-state index contributed by atoms with van der Waals surface area (Å²) < 4.78 is 0. The molecule has 3 heteroatoms. The van der Waals surface area contributed by atoms with Gasteiger partial charge in [0.25, 0.3) is 0 Å². The van der Waals surface area contributed by atoms with Gasteiger partial charge in [-0.15, -0.1) is 0 Å². The average Bonchev–Trinajstić information content (AvgIpc) is 2.35. The fourth-order valence-corrected chi connectivity index (χ4v) is 2.00. The second-order valence-electron chi connectivity index (χ2n) is 3.71. The zero-order valence-corrected chi connectivity index (χ0v) is 7.97. The largest absolute Gasteiger partial charge is 0.345 e. The highest BCUT2D eigenvalue weighted by atomic mass is 16.2. The molecule has 1 amide bonds. The summed E-state index contributed by atoms with van der Waals surface area (Å²) in [6.07, 6.45) is 2.91. The molecule has 0 radical (unpaired) electrons. The molecule has 3 nitrogen and oxygen atoms in total. The molecule has 1 aliphatic heterocycles. The van der Waals surface area contributed by atoms with Gasteiger partial charge in [-0.3, -0.25) is 4.79 Å². The Labute approximate surface area is 73.9 Å². The van der Waals surface area contributed by atoms with Crippen LogP contribution in [0, 0.1) is 5.41 Å². The lowest BCUT2D eigenvalue weighted by Gasteiger charge is -2.24. The molecule has 0 unspecified atom stereocenters. The van der Waals surface area contributed by atoms with Crippen LogP contribution in [-0.4, -0.2) is 30.9 Å². The number of nitrogens with two attached hydrogens (primary N) is 1. The van der Waals surface area contributed by atoms with E-state index in [1.807, 2.05) is 7.05 Å². The van der Waals surface area contributed by atoms with Crippen LogP contribution in [0.5, 0.6) is 0 Å². The van der Waals surface area contributed by atoms with Crippen molar-refractivity contribution >= 4 is 5.91 Å². The predicted molar refractivity (Wildman–Crippen MR) is 48.6 cm³/mol. The Morgan fingerprint density at radius 2 is 2.33 bits per heavy atom. The monoisotopic (exact) mass is 170 g/mol. The van der Waals surface area contributed by atoms with Crippen molar-refractivity contribution in [2.45, 2.75) is 26.2 Å². The van der Waals surface area contributed by atoms with Gasteiger partial charge in [-0.1, -0.05) is 13.3 Å². The summed E-state index contributed by atoms with van der Waals surface area (Å²) in [5.41, 5.74) is 5.44. The van der Waals surface area contributed by atoms with Crippen LogP contribution < -0.4 is 5.73 Å². The minimum Gasteiger partial charge on any atom is -0.345 e. The molecule has 1 heterocycles. The van der Waals surface area contributed by atoms with Crippen LogP contribution in [0.2, 0.25) is 0 Å². The van der Waals surface area contributed by atoms with Crippen LogP contribution in [0.25, 0.3) is 0 Å². The number of amides is 1. The minimum atomic E-state index is -0.219. The van der Waals surface area contributed by atoms with Crippen LogP contribution in [0.4, 0.5) is 0 Å². The van der Waals surface area contributed by atoms with E-state index in [1.165, 1.54) is 0 Å². The van der Waals surface area contributed by atoms with Crippen molar-refractivity contribution in [3.05, 3.63) is 0 Å². The topological polar surface area (TPSA) is 46.3 Å². The summed E-state index contributed by atoms with van der Waals surface area (Å²) in [5.74, 6) is 0.242. The standard InChI is InChI=1S/C9H18N2O/c1-3-4-9(7-10)5-6-11(2)8(9)12/h3-7,10H2,1-2H3/t9-/m1/s1. The van der Waals surface area contributed by atoms with Crippen molar-refractivity contribution in [3.8, 4) is 0 Å². The van der Waals surface area contributed by atoms with Crippen LogP contribution >= 0.6 is 0 Å². The predicted octanol–water partition coefficient (Wildman–Crippen LogP) is 0.594. The number of hydrogen-bond acceptors (Lipinski definition) is 2. The minimum absolute atomic E-state index is 0.219. The first kappa shape index (κ1) is 9.52. The van der Waals surface area contributed by atoms with Crippen molar-refractivity contribution in [2.24, 2.45) is 11.1 Å². The van der Waals surface area contributed by atoms with E-state index in [0.717, 1.165) is 25.8 Å². The van der Waals surface area contributed by atoms with Crippen LogP contribution in [0.1, 0.15) is 26.2 Å². The molecule has 1 atom stereocenters. The normalized spacial score (nSPS) is 29.9.